The third-order valence-corrected chi connectivity index (χ3v) is 7.92. The molecule has 1 saturated carbocycles. The molecule has 2 aromatic carbocycles. The quantitative estimate of drug-likeness (QED) is 0.542. The smallest absolute Gasteiger partial charge is 0.465 e. The first kappa shape index (κ1) is 26.2. The van der Waals surface area contributed by atoms with Crippen LogP contribution in [0.1, 0.15) is 57.9 Å². The molecular weight excluding hydrogens is 501 g/mol. The highest BCUT2D eigenvalue weighted by Crippen LogP contribution is 2.49. The van der Waals surface area contributed by atoms with Crippen molar-refractivity contribution in [3.8, 4) is 0 Å². The number of esters is 1. The Bertz CT molecular complexity index is 1190. The van der Waals surface area contributed by atoms with Crippen molar-refractivity contribution in [3.63, 3.8) is 0 Å². The van der Waals surface area contributed by atoms with Gasteiger partial charge in [-0.3, -0.25) is 9.59 Å². The van der Waals surface area contributed by atoms with Crippen LogP contribution in [-0.2, 0) is 14.3 Å². The van der Waals surface area contributed by atoms with Gasteiger partial charge in [0.1, 0.15) is 0 Å². The molecule has 0 N–H and O–H groups in total. The van der Waals surface area contributed by atoms with Crippen molar-refractivity contribution in [3.05, 3.63) is 71.3 Å². The Kier molecular flexibility index (Phi) is 6.94. The van der Waals surface area contributed by atoms with Gasteiger partial charge < -0.3 is 19.3 Å². The van der Waals surface area contributed by atoms with E-state index in [1.807, 2.05) is 30.3 Å². The molecule has 1 spiro atoms. The zero-order valence-corrected chi connectivity index (χ0v) is 20.9. The van der Waals surface area contributed by atoms with E-state index in [0.717, 1.165) is 10.5 Å². The Balaban J connectivity index is 1.24. The number of carbonyl (C=O) groups is 3. The SMILES string of the molecule is COC(=O)c1ccc(C(=O)N2CCC3(CC2)CC(N(C(=O)C(F)(F)F)[C@@H]2C[C@H]2c2ccccc2)CO3)cc1. The predicted molar refractivity (Wildman–Crippen MR) is 130 cm³/mol. The molecule has 3 atom stereocenters. The van der Waals surface area contributed by atoms with Crippen LogP contribution in [0.2, 0.25) is 0 Å². The minimum atomic E-state index is -4.96. The lowest BCUT2D eigenvalue weighted by Crippen LogP contribution is -2.50. The number of benzene rings is 2. The fourth-order valence-corrected chi connectivity index (χ4v) is 5.80. The number of ether oxygens (including phenoxy) is 2. The van der Waals surface area contributed by atoms with E-state index in [2.05, 4.69) is 4.74 Å². The average molecular weight is 531 g/mol. The molecule has 3 fully saturated rings. The summed E-state index contributed by atoms with van der Waals surface area (Å²) >= 11 is 0. The number of methoxy groups -OCH3 is 1. The molecule has 0 bridgehead atoms. The van der Waals surface area contributed by atoms with Crippen molar-refractivity contribution in [1.82, 2.24) is 9.80 Å². The van der Waals surface area contributed by atoms with Crippen LogP contribution in [0.5, 0.6) is 0 Å². The first-order valence-corrected chi connectivity index (χ1v) is 12.7. The van der Waals surface area contributed by atoms with Crippen LogP contribution in [0.25, 0.3) is 0 Å². The fraction of sp³-hybridized carbons (Fsp3) is 0.464. The maximum atomic E-state index is 13.6. The van der Waals surface area contributed by atoms with Crippen LogP contribution < -0.4 is 0 Å². The summed E-state index contributed by atoms with van der Waals surface area (Å²) in [5, 5.41) is 0. The second-order valence-corrected chi connectivity index (χ2v) is 10.2. The molecule has 5 rings (SSSR count). The first-order chi connectivity index (χ1) is 18.1. The number of piperidine rings is 1. The minimum absolute atomic E-state index is 0.0444. The standard InChI is InChI=1S/C28H29F3N2O5/c1-37-25(35)20-9-7-19(8-10-20)24(34)32-13-11-27(12-14-32)16-21(17-38-27)33(26(36)28(29,30)31)23-15-22(23)18-5-3-2-4-6-18/h2-10,21-23H,11-17H2,1H3/t21?,22-,23+/m0/s1. The van der Waals surface area contributed by atoms with E-state index in [0.29, 0.717) is 49.9 Å². The van der Waals surface area contributed by atoms with E-state index in [9.17, 15) is 27.6 Å². The fourth-order valence-electron chi connectivity index (χ4n) is 5.80. The zero-order chi connectivity index (χ0) is 27.1. The second kappa shape index (κ2) is 10.1. The van der Waals surface area contributed by atoms with E-state index in [-0.39, 0.29) is 18.4 Å². The molecule has 1 aliphatic carbocycles. The molecular formula is C28H29F3N2O5. The summed E-state index contributed by atoms with van der Waals surface area (Å²) in [6, 6.07) is 14.3. The summed E-state index contributed by atoms with van der Waals surface area (Å²) in [7, 11) is 1.28. The molecule has 7 nitrogen and oxygen atoms in total. The molecule has 38 heavy (non-hydrogen) atoms. The number of alkyl halides is 3. The number of likely N-dealkylation sites (tertiary alicyclic amines) is 1. The van der Waals surface area contributed by atoms with Crippen LogP contribution in [-0.4, -0.2) is 78.3 Å². The number of amides is 2. The summed E-state index contributed by atoms with van der Waals surface area (Å²) in [6.07, 6.45) is -3.22. The van der Waals surface area contributed by atoms with Crippen molar-refractivity contribution in [2.24, 2.45) is 0 Å². The van der Waals surface area contributed by atoms with Crippen LogP contribution in [0.3, 0.4) is 0 Å². The number of nitrogens with zero attached hydrogens (tertiary/aromatic N) is 2. The maximum Gasteiger partial charge on any atom is 0.471 e. The number of rotatable bonds is 5. The summed E-state index contributed by atoms with van der Waals surface area (Å²) in [5.74, 6) is -2.61. The van der Waals surface area contributed by atoms with E-state index in [1.54, 1.807) is 17.0 Å². The minimum Gasteiger partial charge on any atom is -0.465 e. The van der Waals surface area contributed by atoms with E-state index in [4.69, 9.17) is 4.74 Å². The van der Waals surface area contributed by atoms with Crippen LogP contribution in [0.15, 0.2) is 54.6 Å². The summed E-state index contributed by atoms with van der Waals surface area (Å²) in [5.41, 5.74) is 1.03. The lowest BCUT2D eigenvalue weighted by Gasteiger charge is -2.39. The van der Waals surface area contributed by atoms with Crippen LogP contribution in [0.4, 0.5) is 13.2 Å². The van der Waals surface area contributed by atoms with Gasteiger partial charge in [-0.1, -0.05) is 30.3 Å². The Morgan fingerprint density at radius 2 is 1.63 bits per heavy atom. The van der Waals surface area contributed by atoms with Gasteiger partial charge in [-0.15, -0.1) is 0 Å². The zero-order valence-electron chi connectivity index (χ0n) is 20.9. The highest BCUT2D eigenvalue weighted by atomic mass is 19.4. The van der Waals surface area contributed by atoms with Gasteiger partial charge in [0.25, 0.3) is 5.91 Å². The molecule has 2 amide bonds. The molecule has 0 aromatic heterocycles. The van der Waals surface area contributed by atoms with Gasteiger partial charge in [-0.2, -0.15) is 13.2 Å². The van der Waals surface area contributed by atoms with Gasteiger partial charge >= 0.3 is 18.1 Å². The van der Waals surface area contributed by atoms with Gasteiger partial charge in [0.05, 0.1) is 30.9 Å². The molecule has 1 unspecified atom stereocenters. The van der Waals surface area contributed by atoms with Gasteiger partial charge in [0, 0.05) is 30.6 Å². The van der Waals surface area contributed by atoms with Gasteiger partial charge in [-0.05, 0) is 55.5 Å². The Hall–Kier alpha value is -3.40. The molecule has 0 radical (unpaired) electrons. The van der Waals surface area contributed by atoms with Crippen LogP contribution >= 0.6 is 0 Å². The topological polar surface area (TPSA) is 76.2 Å². The van der Waals surface area contributed by atoms with Crippen molar-refractivity contribution in [1.29, 1.82) is 0 Å². The molecule has 2 heterocycles. The highest BCUT2D eigenvalue weighted by molar-refractivity contribution is 5.96. The monoisotopic (exact) mass is 530 g/mol. The average Bonchev–Trinajstić information content (AvgIpc) is 3.61. The van der Waals surface area contributed by atoms with Crippen molar-refractivity contribution in [2.75, 3.05) is 26.8 Å². The summed E-state index contributed by atoms with van der Waals surface area (Å²) in [6.45, 7) is 0.809. The number of hydrogen-bond donors (Lipinski definition) is 0. The third kappa shape index (κ3) is 5.14. The Morgan fingerprint density at radius 3 is 2.24 bits per heavy atom. The maximum absolute atomic E-state index is 13.6. The summed E-state index contributed by atoms with van der Waals surface area (Å²) < 4.78 is 51.6. The lowest BCUT2D eigenvalue weighted by atomic mass is 9.86. The molecule has 202 valence electrons. The molecule has 3 aliphatic rings. The molecule has 2 aliphatic heterocycles. The number of halogens is 3. The van der Waals surface area contributed by atoms with Crippen molar-refractivity contribution < 1.29 is 37.0 Å². The van der Waals surface area contributed by atoms with Gasteiger partial charge in [0.15, 0.2) is 0 Å². The second-order valence-electron chi connectivity index (χ2n) is 10.2. The molecule has 2 saturated heterocycles. The molecule has 2 aromatic rings. The van der Waals surface area contributed by atoms with Crippen molar-refractivity contribution >= 4 is 17.8 Å². The van der Waals surface area contributed by atoms with Crippen LogP contribution in [0, 0.1) is 0 Å². The lowest BCUT2D eigenvalue weighted by molar-refractivity contribution is -0.188. The molecule has 10 heteroatoms. The van der Waals surface area contributed by atoms with E-state index in [1.165, 1.54) is 19.2 Å². The Morgan fingerprint density at radius 1 is 1.00 bits per heavy atom. The highest BCUT2D eigenvalue weighted by Gasteiger charge is 2.57. The predicted octanol–water partition coefficient (Wildman–Crippen LogP) is 4.18. The summed E-state index contributed by atoms with van der Waals surface area (Å²) in [4.78, 5) is 39.8. The van der Waals surface area contributed by atoms with Crippen molar-refractivity contribution in [2.45, 2.75) is 55.5 Å². The van der Waals surface area contributed by atoms with Gasteiger partial charge in [0.2, 0.25) is 0 Å². The third-order valence-electron chi connectivity index (χ3n) is 7.92. The van der Waals surface area contributed by atoms with Gasteiger partial charge in [-0.25, -0.2) is 4.79 Å². The first-order valence-electron chi connectivity index (χ1n) is 12.7. The van der Waals surface area contributed by atoms with E-state index < -0.39 is 35.7 Å². The Labute approximate surface area is 218 Å². The largest absolute Gasteiger partial charge is 0.471 e. The normalized spacial score (nSPS) is 24.2. The number of carbonyl (C=O) groups excluding carboxylic acids is 3. The van der Waals surface area contributed by atoms with E-state index >= 15 is 0 Å². The number of hydrogen-bond acceptors (Lipinski definition) is 5.